The predicted octanol–water partition coefficient (Wildman–Crippen LogP) is -0.234. The molecular formula is C20H28N5O2+. The summed E-state index contributed by atoms with van der Waals surface area (Å²) in [5, 5.41) is 5.35. The van der Waals surface area contributed by atoms with E-state index in [0.717, 1.165) is 16.8 Å². The van der Waals surface area contributed by atoms with E-state index in [4.69, 9.17) is 0 Å². The Hall–Kier alpha value is -2.93. The van der Waals surface area contributed by atoms with Gasteiger partial charge in [0.2, 0.25) is 0 Å². The van der Waals surface area contributed by atoms with E-state index in [9.17, 15) is 9.59 Å². The van der Waals surface area contributed by atoms with Gasteiger partial charge < -0.3 is 20.4 Å². The molecule has 0 bridgehead atoms. The normalized spacial score (nSPS) is 11.7. The largest absolute Gasteiger partial charge is 0.378 e. The zero-order valence-electron chi connectivity index (χ0n) is 16.3. The second-order valence-electron chi connectivity index (χ2n) is 6.87. The molecule has 3 N–H and O–H groups in total. The van der Waals surface area contributed by atoms with Crippen LogP contribution >= 0.6 is 0 Å². The lowest BCUT2D eigenvalue weighted by molar-refractivity contribution is -0.890. The average molecular weight is 370 g/mol. The van der Waals surface area contributed by atoms with Crippen LogP contribution in [-0.2, 0) is 16.1 Å². The lowest BCUT2D eigenvalue weighted by atomic mass is 10.1. The van der Waals surface area contributed by atoms with Crippen LogP contribution in [0.4, 0.5) is 5.69 Å². The molecule has 0 unspecified atom stereocenters. The number of carbonyl (C=O) groups excluding carboxylic acids is 2. The van der Waals surface area contributed by atoms with Gasteiger partial charge in [-0.15, -0.1) is 0 Å². The van der Waals surface area contributed by atoms with E-state index in [1.807, 2.05) is 51.3 Å². The standard InChI is InChI=1S/C20H27N5O2/c1-24(2)17-9-7-16(8-10-17)18(25(3)4)14-23-20(27)19(26)22-13-15-6-5-11-21-12-15/h5-12,18H,13-14H2,1-4H3,(H,22,26)(H,23,27)/p+1/t18-/m0/s1. The fourth-order valence-electron chi connectivity index (χ4n) is 2.70. The highest BCUT2D eigenvalue weighted by atomic mass is 16.2. The van der Waals surface area contributed by atoms with Crippen molar-refractivity contribution in [2.75, 3.05) is 39.6 Å². The first-order chi connectivity index (χ1) is 12.9. The number of nitrogens with one attached hydrogen (secondary N) is 3. The highest BCUT2D eigenvalue weighted by Crippen LogP contribution is 2.16. The molecule has 0 fully saturated rings. The molecule has 1 aromatic heterocycles. The number of rotatable bonds is 7. The molecule has 0 radical (unpaired) electrons. The van der Waals surface area contributed by atoms with Gasteiger partial charge in [0, 0.05) is 44.3 Å². The number of hydrogen-bond acceptors (Lipinski definition) is 4. The van der Waals surface area contributed by atoms with Crippen LogP contribution in [0.1, 0.15) is 17.2 Å². The summed E-state index contributed by atoms with van der Waals surface area (Å²) in [6.45, 7) is 0.650. The Balaban J connectivity index is 1.90. The Morgan fingerprint density at radius 3 is 2.30 bits per heavy atom. The first-order valence-electron chi connectivity index (χ1n) is 8.90. The van der Waals surface area contributed by atoms with Crippen molar-refractivity contribution in [3.63, 3.8) is 0 Å². The number of anilines is 1. The lowest BCUT2D eigenvalue weighted by Crippen LogP contribution is -3.07. The molecule has 0 aliphatic heterocycles. The molecule has 0 spiro atoms. The van der Waals surface area contributed by atoms with Crippen molar-refractivity contribution in [3.8, 4) is 0 Å². The minimum Gasteiger partial charge on any atom is -0.378 e. The van der Waals surface area contributed by atoms with Crippen LogP contribution in [0.2, 0.25) is 0 Å². The molecule has 0 saturated heterocycles. The first kappa shape index (κ1) is 20.4. The Labute approximate surface area is 160 Å². The number of quaternary nitrogens is 1. The number of aromatic nitrogens is 1. The number of carbonyl (C=O) groups is 2. The Morgan fingerprint density at radius 2 is 1.74 bits per heavy atom. The van der Waals surface area contributed by atoms with E-state index in [1.54, 1.807) is 18.5 Å². The topological polar surface area (TPSA) is 78.8 Å². The molecule has 2 rings (SSSR count). The summed E-state index contributed by atoms with van der Waals surface area (Å²) in [7, 11) is 8.04. The van der Waals surface area contributed by atoms with Gasteiger partial charge in [-0.25, -0.2) is 0 Å². The third kappa shape index (κ3) is 6.07. The van der Waals surface area contributed by atoms with Gasteiger partial charge in [-0.05, 0) is 23.8 Å². The number of likely N-dealkylation sites (N-methyl/N-ethyl adjacent to an activating group) is 1. The summed E-state index contributed by atoms with van der Waals surface area (Å²) in [5.41, 5.74) is 3.07. The van der Waals surface area contributed by atoms with Crippen molar-refractivity contribution < 1.29 is 14.5 Å². The molecule has 0 aliphatic carbocycles. The number of amides is 2. The summed E-state index contributed by atoms with van der Waals surface area (Å²) in [6.07, 6.45) is 3.31. The average Bonchev–Trinajstić information content (AvgIpc) is 2.67. The quantitative estimate of drug-likeness (QED) is 0.588. The fraction of sp³-hybridized carbons (Fsp3) is 0.350. The van der Waals surface area contributed by atoms with Crippen molar-refractivity contribution in [2.45, 2.75) is 12.6 Å². The van der Waals surface area contributed by atoms with E-state index in [2.05, 4.69) is 27.8 Å². The maximum Gasteiger partial charge on any atom is 0.309 e. The minimum atomic E-state index is -0.644. The molecule has 27 heavy (non-hydrogen) atoms. The number of benzene rings is 1. The first-order valence-corrected chi connectivity index (χ1v) is 8.90. The van der Waals surface area contributed by atoms with E-state index < -0.39 is 11.8 Å². The zero-order chi connectivity index (χ0) is 19.8. The molecular weight excluding hydrogens is 342 g/mol. The number of hydrogen-bond donors (Lipinski definition) is 3. The minimum absolute atomic E-state index is 0.0521. The molecule has 144 valence electrons. The summed E-state index contributed by atoms with van der Waals surface area (Å²) >= 11 is 0. The molecule has 7 nitrogen and oxygen atoms in total. The van der Waals surface area contributed by atoms with Crippen LogP contribution in [0, 0.1) is 0 Å². The van der Waals surface area contributed by atoms with Crippen molar-refractivity contribution in [1.82, 2.24) is 15.6 Å². The van der Waals surface area contributed by atoms with Crippen LogP contribution in [0.15, 0.2) is 48.8 Å². The third-order valence-electron chi connectivity index (χ3n) is 4.36. The van der Waals surface area contributed by atoms with Gasteiger partial charge in [-0.2, -0.15) is 0 Å². The van der Waals surface area contributed by atoms with Crippen LogP contribution in [0.3, 0.4) is 0 Å². The Bertz CT molecular complexity index is 745. The molecule has 7 heteroatoms. The summed E-state index contributed by atoms with van der Waals surface area (Å²) in [5.74, 6) is -1.27. The van der Waals surface area contributed by atoms with Gasteiger partial charge in [0.25, 0.3) is 0 Å². The van der Waals surface area contributed by atoms with Crippen LogP contribution in [0.5, 0.6) is 0 Å². The van der Waals surface area contributed by atoms with Gasteiger partial charge in [-0.3, -0.25) is 14.6 Å². The molecule has 1 atom stereocenters. The number of pyridine rings is 1. The molecule has 0 saturated carbocycles. The van der Waals surface area contributed by atoms with Crippen molar-refractivity contribution >= 4 is 17.5 Å². The monoisotopic (exact) mass is 370 g/mol. The molecule has 0 aliphatic rings. The molecule has 1 heterocycles. The van der Waals surface area contributed by atoms with Gasteiger partial charge in [0.05, 0.1) is 20.6 Å². The van der Waals surface area contributed by atoms with Crippen LogP contribution in [0.25, 0.3) is 0 Å². The lowest BCUT2D eigenvalue weighted by Gasteiger charge is -2.23. The Morgan fingerprint density at radius 1 is 1.07 bits per heavy atom. The van der Waals surface area contributed by atoms with Crippen LogP contribution in [-0.4, -0.2) is 51.5 Å². The Kier molecular flexibility index (Phi) is 7.31. The smallest absolute Gasteiger partial charge is 0.309 e. The summed E-state index contributed by atoms with van der Waals surface area (Å²) in [4.78, 5) is 31.3. The molecule has 2 aromatic rings. The van der Waals surface area contributed by atoms with E-state index in [-0.39, 0.29) is 12.6 Å². The van der Waals surface area contributed by atoms with Gasteiger partial charge >= 0.3 is 11.8 Å². The van der Waals surface area contributed by atoms with E-state index >= 15 is 0 Å². The fourth-order valence-corrected chi connectivity index (χ4v) is 2.70. The maximum atomic E-state index is 12.1. The van der Waals surface area contributed by atoms with Crippen molar-refractivity contribution in [3.05, 3.63) is 59.9 Å². The number of nitrogens with zero attached hydrogens (tertiary/aromatic N) is 2. The SMILES string of the molecule is CN(C)c1ccc([C@H](CNC(=O)C(=O)NCc2cccnc2)[NH+](C)C)cc1. The second kappa shape index (κ2) is 9.68. The van der Waals surface area contributed by atoms with E-state index in [1.165, 1.54) is 4.90 Å². The van der Waals surface area contributed by atoms with Crippen LogP contribution < -0.4 is 20.4 Å². The summed E-state index contributed by atoms with van der Waals surface area (Å²) < 4.78 is 0. The van der Waals surface area contributed by atoms with Gasteiger partial charge in [0.15, 0.2) is 0 Å². The summed E-state index contributed by atoms with van der Waals surface area (Å²) in [6, 6.07) is 11.9. The van der Waals surface area contributed by atoms with Crippen molar-refractivity contribution in [2.24, 2.45) is 0 Å². The third-order valence-corrected chi connectivity index (χ3v) is 4.36. The second-order valence-corrected chi connectivity index (χ2v) is 6.87. The van der Waals surface area contributed by atoms with Gasteiger partial charge in [-0.1, -0.05) is 18.2 Å². The molecule has 2 amide bonds. The highest BCUT2D eigenvalue weighted by Gasteiger charge is 2.21. The zero-order valence-corrected chi connectivity index (χ0v) is 16.3. The maximum absolute atomic E-state index is 12.1. The predicted molar refractivity (Wildman–Crippen MR) is 105 cm³/mol. The van der Waals surface area contributed by atoms with E-state index in [0.29, 0.717) is 6.54 Å². The van der Waals surface area contributed by atoms with Gasteiger partial charge in [0.1, 0.15) is 6.04 Å². The van der Waals surface area contributed by atoms with Crippen molar-refractivity contribution in [1.29, 1.82) is 0 Å². The highest BCUT2D eigenvalue weighted by molar-refractivity contribution is 6.35. The molecule has 1 aromatic carbocycles.